The normalized spacial score (nSPS) is 22.8. The first-order valence-corrected chi connectivity index (χ1v) is 15.3. The topological polar surface area (TPSA) is 115 Å². The molecule has 42 heavy (non-hydrogen) atoms. The van der Waals surface area contributed by atoms with Gasteiger partial charge in [0.05, 0.1) is 39.5 Å². The smallest absolute Gasteiger partial charge is 0.234 e. The highest BCUT2D eigenvalue weighted by atomic mass is 16.6. The van der Waals surface area contributed by atoms with Gasteiger partial charge in [-0.3, -0.25) is 24.1 Å². The van der Waals surface area contributed by atoms with Gasteiger partial charge in [-0.05, 0) is 70.1 Å². The Morgan fingerprint density at radius 2 is 1.69 bits per heavy atom. The molecule has 9 nitrogen and oxygen atoms in total. The molecular formula is C33H46N2O7. The van der Waals surface area contributed by atoms with E-state index in [9.17, 15) is 19.2 Å². The van der Waals surface area contributed by atoms with Crippen molar-refractivity contribution in [3.63, 3.8) is 0 Å². The van der Waals surface area contributed by atoms with Crippen molar-refractivity contribution in [3.8, 4) is 5.75 Å². The van der Waals surface area contributed by atoms with Crippen LogP contribution < -0.4 is 10.1 Å². The molecule has 2 saturated heterocycles. The molecule has 4 rings (SSSR count). The van der Waals surface area contributed by atoms with Gasteiger partial charge in [-0.15, -0.1) is 0 Å². The first kappa shape index (κ1) is 32.0. The predicted molar refractivity (Wildman–Crippen MR) is 158 cm³/mol. The molecule has 2 heterocycles. The SMILES string of the molecule is COc1ccc(CC(CC(=O)C(C)NC(=O)CN2CCOCC2)C(=O)CC(CC2=CCCCC2)C(=O)C2(C)CO2)cc1. The van der Waals surface area contributed by atoms with E-state index in [2.05, 4.69) is 11.4 Å². The summed E-state index contributed by atoms with van der Waals surface area (Å²) in [5.74, 6) is -0.946. The average Bonchev–Trinajstić information content (AvgIpc) is 3.75. The molecule has 1 aromatic rings. The van der Waals surface area contributed by atoms with E-state index in [-0.39, 0.29) is 42.6 Å². The van der Waals surface area contributed by atoms with Crippen LogP contribution in [0.2, 0.25) is 0 Å². The minimum Gasteiger partial charge on any atom is -0.497 e. The lowest BCUT2D eigenvalue weighted by Gasteiger charge is -2.26. The quantitative estimate of drug-likeness (QED) is 0.233. The number of benzene rings is 1. The third kappa shape index (κ3) is 9.31. The van der Waals surface area contributed by atoms with Gasteiger partial charge in [-0.2, -0.15) is 0 Å². The van der Waals surface area contributed by atoms with E-state index in [1.54, 1.807) is 21.0 Å². The zero-order valence-corrected chi connectivity index (χ0v) is 25.3. The maximum Gasteiger partial charge on any atom is 0.234 e. The van der Waals surface area contributed by atoms with Crippen molar-refractivity contribution >= 4 is 23.3 Å². The van der Waals surface area contributed by atoms with Crippen LogP contribution in [0, 0.1) is 11.8 Å². The molecule has 1 aromatic carbocycles. The maximum atomic E-state index is 13.9. The first-order valence-electron chi connectivity index (χ1n) is 15.3. The van der Waals surface area contributed by atoms with Crippen LogP contribution in [0.4, 0.5) is 0 Å². The number of carbonyl (C=O) groups excluding carboxylic acids is 4. The van der Waals surface area contributed by atoms with Crippen LogP contribution in [0.15, 0.2) is 35.9 Å². The second kappa shape index (κ2) is 15.0. The summed E-state index contributed by atoms with van der Waals surface area (Å²) < 4.78 is 16.1. The van der Waals surface area contributed by atoms with E-state index in [0.29, 0.717) is 51.5 Å². The molecule has 1 aliphatic carbocycles. The van der Waals surface area contributed by atoms with Gasteiger partial charge in [0.15, 0.2) is 11.6 Å². The van der Waals surface area contributed by atoms with Crippen LogP contribution in [0.1, 0.15) is 64.4 Å². The lowest BCUT2D eigenvalue weighted by atomic mass is 9.79. The Morgan fingerprint density at radius 1 is 1.00 bits per heavy atom. The minimum absolute atomic E-state index is 0.0127. The molecule has 2 aliphatic heterocycles. The van der Waals surface area contributed by atoms with Gasteiger partial charge in [-0.1, -0.05) is 23.8 Å². The molecule has 4 atom stereocenters. The van der Waals surface area contributed by atoms with Crippen molar-refractivity contribution in [3.05, 3.63) is 41.5 Å². The summed E-state index contributed by atoms with van der Waals surface area (Å²) in [5, 5.41) is 2.81. The molecule has 0 saturated carbocycles. The molecule has 1 N–H and O–H groups in total. The predicted octanol–water partition coefficient (Wildman–Crippen LogP) is 3.47. The summed E-state index contributed by atoms with van der Waals surface area (Å²) in [7, 11) is 1.59. The highest BCUT2D eigenvalue weighted by Gasteiger charge is 2.50. The lowest BCUT2D eigenvalue weighted by Crippen LogP contribution is -2.47. The summed E-state index contributed by atoms with van der Waals surface area (Å²) in [5.41, 5.74) is 1.32. The molecule has 230 valence electrons. The van der Waals surface area contributed by atoms with Gasteiger partial charge in [0, 0.05) is 37.8 Å². The Hall–Kier alpha value is -2.88. The Balaban J connectivity index is 1.45. The summed E-state index contributed by atoms with van der Waals surface area (Å²) >= 11 is 0. The van der Waals surface area contributed by atoms with Gasteiger partial charge < -0.3 is 19.5 Å². The van der Waals surface area contributed by atoms with Gasteiger partial charge >= 0.3 is 0 Å². The fourth-order valence-corrected chi connectivity index (χ4v) is 5.85. The monoisotopic (exact) mass is 582 g/mol. The second-order valence-electron chi connectivity index (χ2n) is 12.2. The summed E-state index contributed by atoms with van der Waals surface area (Å²) in [6.07, 6.45) is 7.38. The molecule has 1 amide bonds. The zero-order valence-electron chi connectivity index (χ0n) is 25.3. The van der Waals surface area contributed by atoms with E-state index in [4.69, 9.17) is 14.2 Å². The number of ether oxygens (including phenoxy) is 3. The van der Waals surface area contributed by atoms with Gasteiger partial charge in [0.2, 0.25) is 5.91 Å². The van der Waals surface area contributed by atoms with Crippen LogP contribution >= 0.6 is 0 Å². The summed E-state index contributed by atoms with van der Waals surface area (Å²) in [4.78, 5) is 55.4. The van der Waals surface area contributed by atoms with Crippen molar-refractivity contribution < 1.29 is 33.4 Å². The number of allylic oxidation sites excluding steroid dienone is 2. The number of carbonyl (C=O) groups is 4. The average molecular weight is 583 g/mol. The molecule has 0 radical (unpaired) electrons. The number of hydrogen-bond donors (Lipinski definition) is 1. The Morgan fingerprint density at radius 3 is 2.31 bits per heavy atom. The fraction of sp³-hybridized carbons (Fsp3) is 0.636. The van der Waals surface area contributed by atoms with Crippen LogP contribution in [0.5, 0.6) is 5.75 Å². The van der Waals surface area contributed by atoms with Crippen molar-refractivity contribution in [2.45, 2.75) is 76.9 Å². The largest absolute Gasteiger partial charge is 0.497 e. The third-order valence-corrected chi connectivity index (χ3v) is 8.69. The van der Waals surface area contributed by atoms with Gasteiger partial charge in [-0.25, -0.2) is 0 Å². The van der Waals surface area contributed by atoms with E-state index in [1.807, 2.05) is 29.2 Å². The highest BCUT2D eigenvalue weighted by Crippen LogP contribution is 2.36. The third-order valence-electron chi connectivity index (χ3n) is 8.69. The van der Waals surface area contributed by atoms with E-state index in [1.165, 1.54) is 5.57 Å². The number of epoxide rings is 1. The van der Waals surface area contributed by atoms with Crippen molar-refractivity contribution in [1.82, 2.24) is 10.2 Å². The number of methoxy groups -OCH3 is 1. The molecule has 0 spiro atoms. The van der Waals surface area contributed by atoms with Crippen molar-refractivity contribution in [2.24, 2.45) is 11.8 Å². The molecule has 2 fully saturated rings. The Kier molecular flexibility index (Phi) is 11.5. The molecule has 4 unspecified atom stereocenters. The van der Waals surface area contributed by atoms with E-state index < -0.39 is 23.5 Å². The second-order valence-corrected chi connectivity index (χ2v) is 12.2. The van der Waals surface area contributed by atoms with Crippen LogP contribution in [-0.4, -0.2) is 86.4 Å². The number of rotatable bonds is 16. The highest BCUT2D eigenvalue weighted by molar-refractivity contribution is 5.97. The van der Waals surface area contributed by atoms with Gasteiger partial charge in [0.1, 0.15) is 17.1 Å². The first-order chi connectivity index (χ1) is 20.2. The maximum absolute atomic E-state index is 13.9. The standard InChI is InChI=1S/C33H46N2O7/c1-23(34-31(38)21-35-13-15-41-16-14-35)29(36)19-26(17-25-9-11-28(40-3)12-10-25)30(37)20-27(32(39)33(2)22-42-33)18-24-7-5-4-6-8-24/h7,9-12,23,26-27H,4-6,8,13-22H2,1-3H3,(H,34,38). The van der Waals surface area contributed by atoms with E-state index >= 15 is 0 Å². The van der Waals surface area contributed by atoms with E-state index in [0.717, 1.165) is 31.2 Å². The molecule has 0 bridgehead atoms. The molecular weight excluding hydrogens is 536 g/mol. The zero-order chi connectivity index (χ0) is 30.1. The number of nitrogens with zero attached hydrogens (tertiary/aromatic N) is 1. The van der Waals surface area contributed by atoms with Crippen LogP contribution in [-0.2, 0) is 35.1 Å². The fourth-order valence-electron chi connectivity index (χ4n) is 5.85. The lowest BCUT2D eigenvalue weighted by molar-refractivity contribution is -0.134. The number of ketones is 3. The number of hydrogen-bond acceptors (Lipinski definition) is 8. The number of morpholine rings is 1. The summed E-state index contributed by atoms with van der Waals surface area (Å²) in [6, 6.07) is 6.73. The number of amides is 1. The number of Topliss-reactive ketones (excluding diaryl/α,β-unsaturated/α-hetero) is 3. The minimum atomic E-state index is -0.819. The van der Waals surface area contributed by atoms with Crippen molar-refractivity contribution in [2.75, 3.05) is 46.6 Å². The summed E-state index contributed by atoms with van der Waals surface area (Å²) in [6.45, 7) is 6.57. The Labute approximate surface area is 249 Å². The number of nitrogens with one attached hydrogen (secondary N) is 1. The molecule has 3 aliphatic rings. The van der Waals surface area contributed by atoms with Crippen LogP contribution in [0.25, 0.3) is 0 Å². The van der Waals surface area contributed by atoms with Gasteiger partial charge in [0.25, 0.3) is 0 Å². The van der Waals surface area contributed by atoms with Crippen LogP contribution in [0.3, 0.4) is 0 Å². The molecule has 0 aromatic heterocycles. The Bertz CT molecular complexity index is 1140. The van der Waals surface area contributed by atoms with Crippen molar-refractivity contribution in [1.29, 1.82) is 0 Å². The molecule has 9 heteroatoms.